The number of pyridine rings is 1. The van der Waals surface area contributed by atoms with Gasteiger partial charge in [-0.15, -0.1) is 0 Å². The third kappa shape index (κ3) is 1.96. The van der Waals surface area contributed by atoms with E-state index in [0.717, 1.165) is 5.56 Å². The molecule has 0 saturated heterocycles. The lowest BCUT2D eigenvalue weighted by Crippen LogP contribution is -1.95. The second kappa shape index (κ2) is 4.08. The van der Waals surface area contributed by atoms with Crippen LogP contribution in [0, 0.1) is 6.92 Å². The summed E-state index contributed by atoms with van der Waals surface area (Å²) in [5.74, 6) is 1.73. The van der Waals surface area contributed by atoms with Crippen molar-refractivity contribution in [2.45, 2.75) is 13.8 Å². The Morgan fingerprint density at radius 1 is 1.47 bits per heavy atom. The number of hydrogen-bond acceptors (Lipinski definition) is 5. The molecule has 0 aromatic carbocycles. The first-order valence-electron chi connectivity index (χ1n) is 4.68. The van der Waals surface area contributed by atoms with Gasteiger partial charge in [0.1, 0.15) is 5.75 Å². The van der Waals surface area contributed by atoms with Gasteiger partial charge in [0, 0.05) is 13.1 Å². The first-order valence-corrected chi connectivity index (χ1v) is 4.68. The maximum atomic E-state index is 5.42. The van der Waals surface area contributed by atoms with Crippen LogP contribution in [0.3, 0.4) is 0 Å². The molecule has 0 amide bonds. The summed E-state index contributed by atoms with van der Waals surface area (Å²) in [6.45, 7) is 4.24. The van der Waals surface area contributed by atoms with Crippen molar-refractivity contribution >= 4 is 0 Å². The van der Waals surface area contributed by atoms with Gasteiger partial charge in [-0.25, -0.2) is 0 Å². The van der Waals surface area contributed by atoms with E-state index in [9.17, 15) is 0 Å². The van der Waals surface area contributed by atoms with Crippen molar-refractivity contribution in [2.24, 2.45) is 0 Å². The van der Waals surface area contributed by atoms with Gasteiger partial charge in [0.15, 0.2) is 0 Å². The molecule has 0 aliphatic carbocycles. The van der Waals surface area contributed by atoms with Crippen LogP contribution in [0.5, 0.6) is 5.75 Å². The Bertz CT molecular complexity index is 453. The number of aryl methyl sites for hydroxylation is 1. The quantitative estimate of drug-likeness (QED) is 0.765. The smallest absolute Gasteiger partial charge is 0.223 e. The fourth-order valence-corrected chi connectivity index (χ4v) is 1.24. The molecular formula is C10H11N3O2. The Labute approximate surface area is 87.1 Å². The molecule has 0 atom stereocenters. The third-order valence-corrected chi connectivity index (χ3v) is 1.85. The minimum absolute atomic E-state index is 0.526. The van der Waals surface area contributed by atoms with Gasteiger partial charge in [0.05, 0.1) is 18.4 Å². The molecule has 0 aliphatic rings. The van der Waals surface area contributed by atoms with Gasteiger partial charge in [-0.3, -0.25) is 4.98 Å². The van der Waals surface area contributed by atoms with Crippen molar-refractivity contribution in [1.29, 1.82) is 0 Å². The molecule has 0 bridgehead atoms. The predicted octanol–water partition coefficient (Wildman–Crippen LogP) is 1.84. The van der Waals surface area contributed by atoms with E-state index in [1.807, 2.05) is 6.92 Å². The van der Waals surface area contributed by atoms with Crippen molar-refractivity contribution in [3.8, 4) is 17.1 Å². The van der Waals surface area contributed by atoms with Crippen LogP contribution in [-0.2, 0) is 0 Å². The van der Waals surface area contributed by atoms with Crippen LogP contribution < -0.4 is 4.74 Å². The summed E-state index contributed by atoms with van der Waals surface area (Å²) >= 11 is 0. The zero-order valence-electron chi connectivity index (χ0n) is 8.60. The van der Waals surface area contributed by atoms with Gasteiger partial charge in [-0.1, -0.05) is 5.16 Å². The average Bonchev–Trinajstić information content (AvgIpc) is 2.66. The van der Waals surface area contributed by atoms with Crippen LogP contribution in [0.15, 0.2) is 23.0 Å². The third-order valence-electron chi connectivity index (χ3n) is 1.85. The number of ether oxygens (including phenoxy) is 1. The van der Waals surface area contributed by atoms with Crippen molar-refractivity contribution < 1.29 is 9.26 Å². The van der Waals surface area contributed by atoms with E-state index in [-0.39, 0.29) is 0 Å². The maximum Gasteiger partial charge on any atom is 0.223 e. The summed E-state index contributed by atoms with van der Waals surface area (Å²) in [6.07, 6.45) is 3.31. The van der Waals surface area contributed by atoms with E-state index in [1.165, 1.54) is 0 Å². The van der Waals surface area contributed by atoms with E-state index in [0.29, 0.717) is 24.1 Å². The summed E-state index contributed by atoms with van der Waals surface area (Å²) in [7, 11) is 0. The largest absolute Gasteiger partial charge is 0.491 e. The average molecular weight is 205 g/mol. The molecule has 0 aliphatic heterocycles. The van der Waals surface area contributed by atoms with Gasteiger partial charge >= 0.3 is 0 Å². The van der Waals surface area contributed by atoms with Crippen LogP contribution in [0.4, 0.5) is 0 Å². The maximum absolute atomic E-state index is 5.42. The van der Waals surface area contributed by atoms with Crippen molar-refractivity contribution in [3.05, 3.63) is 24.4 Å². The van der Waals surface area contributed by atoms with Gasteiger partial charge in [-0.2, -0.15) is 4.98 Å². The number of nitrogens with zero attached hydrogens (tertiary/aromatic N) is 3. The van der Waals surface area contributed by atoms with E-state index in [4.69, 9.17) is 9.26 Å². The summed E-state index contributed by atoms with van der Waals surface area (Å²) in [4.78, 5) is 8.12. The standard InChI is InChI=1S/C10H11N3O2/c1-3-14-9-6-11-5-4-8(9)10-12-7(2)15-13-10/h4-6H,3H2,1-2H3. The normalized spacial score (nSPS) is 10.3. The highest BCUT2D eigenvalue weighted by Gasteiger charge is 2.11. The second-order valence-electron chi connectivity index (χ2n) is 2.94. The van der Waals surface area contributed by atoms with E-state index < -0.39 is 0 Å². The van der Waals surface area contributed by atoms with Crippen LogP contribution in [0.25, 0.3) is 11.4 Å². The van der Waals surface area contributed by atoms with Crippen LogP contribution >= 0.6 is 0 Å². The second-order valence-corrected chi connectivity index (χ2v) is 2.94. The highest BCUT2D eigenvalue weighted by molar-refractivity contribution is 5.62. The lowest BCUT2D eigenvalue weighted by molar-refractivity contribution is 0.339. The Morgan fingerprint density at radius 2 is 2.33 bits per heavy atom. The van der Waals surface area contributed by atoms with Crippen LogP contribution in [0.1, 0.15) is 12.8 Å². The van der Waals surface area contributed by atoms with Crippen LogP contribution in [0.2, 0.25) is 0 Å². The molecule has 15 heavy (non-hydrogen) atoms. The molecule has 78 valence electrons. The molecule has 0 N–H and O–H groups in total. The Morgan fingerprint density at radius 3 is 3.00 bits per heavy atom. The minimum Gasteiger partial charge on any atom is -0.491 e. The first-order chi connectivity index (χ1) is 7.31. The van der Waals surface area contributed by atoms with Crippen molar-refractivity contribution in [3.63, 3.8) is 0 Å². The van der Waals surface area contributed by atoms with Gasteiger partial charge in [0.25, 0.3) is 0 Å². The number of aromatic nitrogens is 3. The highest BCUT2D eigenvalue weighted by Crippen LogP contribution is 2.26. The topological polar surface area (TPSA) is 61.0 Å². The molecule has 5 nitrogen and oxygen atoms in total. The lowest BCUT2D eigenvalue weighted by Gasteiger charge is -2.05. The predicted molar refractivity (Wildman–Crippen MR) is 53.4 cm³/mol. The minimum atomic E-state index is 0.526. The Kier molecular flexibility index (Phi) is 2.62. The lowest BCUT2D eigenvalue weighted by atomic mass is 10.2. The number of rotatable bonds is 3. The summed E-state index contributed by atoms with van der Waals surface area (Å²) < 4.78 is 10.3. The zero-order chi connectivity index (χ0) is 10.7. The van der Waals surface area contributed by atoms with Gasteiger partial charge in [-0.05, 0) is 13.0 Å². The molecule has 0 unspecified atom stereocenters. The molecular weight excluding hydrogens is 194 g/mol. The molecule has 2 aromatic heterocycles. The van der Waals surface area contributed by atoms with E-state index >= 15 is 0 Å². The Hall–Kier alpha value is -1.91. The fourth-order valence-electron chi connectivity index (χ4n) is 1.24. The molecule has 0 saturated carbocycles. The molecule has 2 aromatic rings. The van der Waals surface area contributed by atoms with E-state index in [2.05, 4.69) is 15.1 Å². The summed E-state index contributed by atoms with van der Waals surface area (Å²) in [6, 6.07) is 1.80. The molecule has 2 heterocycles. The molecule has 0 fully saturated rings. The fraction of sp³-hybridized carbons (Fsp3) is 0.300. The van der Waals surface area contributed by atoms with Crippen molar-refractivity contribution in [1.82, 2.24) is 15.1 Å². The summed E-state index contributed by atoms with van der Waals surface area (Å²) in [5.41, 5.74) is 0.795. The SMILES string of the molecule is CCOc1cnccc1-c1noc(C)n1. The van der Waals surface area contributed by atoms with Crippen LogP contribution in [-0.4, -0.2) is 21.7 Å². The van der Waals surface area contributed by atoms with Gasteiger partial charge < -0.3 is 9.26 Å². The molecule has 5 heteroatoms. The molecule has 2 rings (SSSR count). The Balaban J connectivity index is 2.42. The van der Waals surface area contributed by atoms with Gasteiger partial charge in [0.2, 0.25) is 11.7 Å². The molecule has 0 spiro atoms. The summed E-state index contributed by atoms with van der Waals surface area (Å²) in [5, 5.41) is 3.84. The van der Waals surface area contributed by atoms with E-state index in [1.54, 1.807) is 25.4 Å². The number of hydrogen-bond donors (Lipinski definition) is 0. The monoisotopic (exact) mass is 205 g/mol. The highest BCUT2D eigenvalue weighted by atomic mass is 16.5. The molecule has 0 radical (unpaired) electrons. The first kappa shape index (κ1) is 9.64. The zero-order valence-corrected chi connectivity index (χ0v) is 8.60. The van der Waals surface area contributed by atoms with Crippen molar-refractivity contribution in [2.75, 3.05) is 6.61 Å².